The van der Waals surface area contributed by atoms with E-state index in [1.807, 2.05) is 27.7 Å². The number of H-pyrrole nitrogens is 1. The molecular weight excluding hydrogens is 688 g/mol. The van der Waals surface area contributed by atoms with Crippen LogP contribution in [-0.4, -0.2) is 87.2 Å². The van der Waals surface area contributed by atoms with Gasteiger partial charge in [-0.2, -0.15) is 0 Å². The van der Waals surface area contributed by atoms with Gasteiger partial charge < -0.3 is 31.2 Å². The molecule has 5 N–H and O–H groups in total. The second-order valence-corrected chi connectivity index (χ2v) is 17.4. The van der Waals surface area contributed by atoms with Crippen LogP contribution in [0, 0.1) is 31.1 Å². The minimum atomic E-state index is -1.03. The van der Waals surface area contributed by atoms with E-state index in [2.05, 4.69) is 26.3 Å². The van der Waals surface area contributed by atoms with Crippen LogP contribution < -0.4 is 21.3 Å². The van der Waals surface area contributed by atoms with Crippen LogP contribution in [0.1, 0.15) is 157 Å². The molecule has 0 bridgehead atoms. The fourth-order valence-electron chi connectivity index (χ4n) is 9.09. The molecule has 0 spiro atoms. The number of Topliss-reactive ketones (excluding diaryl/α,β-unsaturated/α-hetero) is 2. The molecule has 6 atom stereocenters. The van der Waals surface area contributed by atoms with Crippen LogP contribution in [0.3, 0.4) is 0 Å². The van der Waals surface area contributed by atoms with Crippen LogP contribution in [0.25, 0.3) is 0 Å². The molecule has 5 amide bonds. The van der Waals surface area contributed by atoms with E-state index in [1.54, 1.807) is 18.7 Å². The summed E-state index contributed by atoms with van der Waals surface area (Å²) in [5.74, 6) is -3.38. The normalized spacial score (nSPS) is 23.4. The summed E-state index contributed by atoms with van der Waals surface area (Å²) in [6.07, 6.45) is 10.8. The highest BCUT2D eigenvalue weighted by atomic mass is 16.2. The Morgan fingerprint density at radius 2 is 1.50 bits per heavy atom. The SMILES string of the molecule is CCC[C@H](NC(=O)[C@@H]1CC2CCCCC2N1C(=O)[C@@H](NC(=O)[C@@H](NC(=O)c1[nH]c(C)c(C(C)=O)c1C)C1CCCCC1)C(C)(C)C)C(=O)C(=O)NC1CC1. The fraction of sp³-hybridized carbons (Fsp3) is 0.732. The average molecular weight is 751 g/mol. The molecule has 0 aromatic carbocycles. The molecule has 4 fully saturated rings. The van der Waals surface area contributed by atoms with Crippen molar-refractivity contribution >= 4 is 41.1 Å². The number of nitrogens with zero attached hydrogens (tertiary/aromatic N) is 1. The molecule has 4 aliphatic rings. The third-order valence-corrected chi connectivity index (χ3v) is 12.1. The zero-order chi connectivity index (χ0) is 39.5. The molecule has 54 heavy (non-hydrogen) atoms. The minimum Gasteiger partial charge on any atom is -0.354 e. The van der Waals surface area contributed by atoms with E-state index in [4.69, 9.17) is 0 Å². The summed E-state index contributed by atoms with van der Waals surface area (Å²) in [5, 5.41) is 11.6. The topological polar surface area (TPSA) is 187 Å². The maximum atomic E-state index is 14.9. The Kier molecular flexibility index (Phi) is 13.1. The number of amides is 5. The second kappa shape index (κ2) is 17.2. The lowest BCUT2D eigenvalue weighted by Gasteiger charge is -2.40. The van der Waals surface area contributed by atoms with Crippen LogP contribution in [0.5, 0.6) is 0 Å². The lowest BCUT2D eigenvalue weighted by molar-refractivity contribution is -0.147. The van der Waals surface area contributed by atoms with Gasteiger partial charge in [0.1, 0.15) is 23.8 Å². The van der Waals surface area contributed by atoms with Crippen molar-refractivity contribution in [3.05, 3.63) is 22.5 Å². The number of aromatic nitrogens is 1. The predicted molar refractivity (Wildman–Crippen MR) is 203 cm³/mol. The van der Waals surface area contributed by atoms with Crippen molar-refractivity contribution in [3.8, 4) is 0 Å². The molecule has 298 valence electrons. The molecule has 3 aliphatic carbocycles. The molecule has 3 saturated carbocycles. The van der Waals surface area contributed by atoms with E-state index in [1.165, 1.54) is 6.92 Å². The van der Waals surface area contributed by atoms with E-state index in [0.717, 1.165) is 70.6 Å². The first-order chi connectivity index (χ1) is 25.5. The number of ketones is 2. The Hall–Kier alpha value is -4.03. The molecular formula is C41H62N6O7. The van der Waals surface area contributed by atoms with Crippen LogP contribution in [0.15, 0.2) is 0 Å². The molecule has 2 heterocycles. The fourth-order valence-corrected chi connectivity index (χ4v) is 9.09. The monoisotopic (exact) mass is 750 g/mol. The first-order valence-corrected chi connectivity index (χ1v) is 20.3. The van der Waals surface area contributed by atoms with Gasteiger partial charge >= 0.3 is 0 Å². The lowest BCUT2D eigenvalue weighted by atomic mass is 9.81. The lowest BCUT2D eigenvalue weighted by Crippen LogP contribution is -2.63. The Morgan fingerprint density at radius 3 is 2.09 bits per heavy atom. The van der Waals surface area contributed by atoms with Gasteiger partial charge in [-0.05, 0) is 95.0 Å². The van der Waals surface area contributed by atoms with Crippen LogP contribution >= 0.6 is 0 Å². The number of aryl methyl sites for hydroxylation is 1. The number of carbonyl (C=O) groups excluding carboxylic acids is 7. The van der Waals surface area contributed by atoms with E-state index in [-0.39, 0.29) is 41.3 Å². The summed E-state index contributed by atoms with van der Waals surface area (Å²) in [7, 11) is 0. The quantitative estimate of drug-likeness (QED) is 0.138. The number of likely N-dealkylation sites (tertiary alicyclic amines) is 1. The van der Waals surface area contributed by atoms with Gasteiger partial charge in [-0.25, -0.2) is 0 Å². The van der Waals surface area contributed by atoms with Gasteiger partial charge in [0.15, 0.2) is 5.78 Å². The minimum absolute atomic E-state index is 0.00226. The Morgan fingerprint density at radius 1 is 0.852 bits per heavy atom. The van der Waals surface area contributed by atoms with E-state index >= 15 is 0 Å². The summed E-state index contributed by atoms with van der Waals surface area (Å²) in [6, 6.07) is -4.03. The van der Waals surface area contributed by atoms with E-state index in [9.17, 15) is 33.6 Å². The first kappa shape index (κ1) is 41.1. The highest BCUT2D eigenvalue weighted by Gasteiger charge is 2.51. The van der Waals surface area contributed by atoms with Crippen molar-refractivity contribution < 1.29 is 33.6 Å². The summed E-state index contributed by atoms with van der Waals surface area (Å²) in [4.78, 5) is 100. The van der Waals surface area contributed by atoms with Gasteiger partial charge in [-0.1, -0.05) is 66.2 Å². The van der Waals surface area contributed by atoms with Crippen molar-refractivity contribution in [1.82, 2.24) is 31.2 Å². The van der Waals surface area contributed by atoms with Crippen molar-refractivity contribution in [2.24, 2.45) is 17.3 Å². The van der Waals surface area contributed by atoms with Crippen molar-refractivity contribution in [3.63, 3.8) is 0 Å². The molecule has 2 unspecified atom stereocenters. The molecule has 0 radical (unpaired) electrons. The van der Waals surface area contributed by atoms with Crippen LogP contribution in [-0.2, 0) is 24.0 Å². The van der Waals surface area contributed by atoms with Gasteiger partial charge in [0.05, 0.1) is 6.04 Å². The first-order valence-electron chi connectivity index (χ1n) is 20.3. The molecule has 1 aromatic rings. The molecule has 5 rings (SSSR count). The third kappa shape index (κ3) is 9.25. The standard InChI is InChI=1S/C41H62N6O7/c1-8-14-28(34(49)39(53)43-27-19-20-27)44-36(50)30-21-26-17-12-13-18-29(26)47(30)40(54)35(41(5,6)7)46-38(52)33(25-15-10-9-11-16-25)45-37(51)32-22(2)31(24(4)48)23(3)42-32/h25-30,33,35,42H,8-21H2,1-7H3,(H,43,53)(H,44,50)(H,45,51)(H,46,52)/t26?,28-,29?,30-,33-,35+/m0/s1. The van der Waals surface area contributed by atoms with Crippen LogP contribution in [0.2, 0.25) is 0 Å². The summed E-state index contributed by atoms with van der Waals surface area (Å²) >= 11 is 0. The zero-order valence-corrected chi connectivity index (χ0v) is 33.3. The smallest absolute Gasteiger partial charge is 0.289 e. The molecule has 13 nitrogen and oxygen atoms in total. The molecule has 1 aliphatic heterocycles. The number of hydrogen-bond donors (Lipinski definition) is 5. The second-order valence-electron chi connectivity index (χ2n) is 17.4. The highest BCUT2D eigenvalue weighted by Crippen LogP contribution is 2.41. The zero-order valence-electron chi connectivity index (χ0n) is 33.3. The maximum absolute atomic E-state index is 14.9. The van der Waals surface area contributed by atoms with Gasteiger partial charge in [-0.3, -0.25) is 33.6 Å². The van der Waals surface area contributed by atoms with Crippen molar-refractivity contribution in [1.29, 1.82) is 0 Å². The predicted octanol–water partition coefficient (Wildman–Crippen LogP) is 4.34. The van der Waals surface area contributed by atoms with Gasteiger partial charge in [0, 0.05) is 23.3 Å². The van der Waals surface area contributed by atoms with Crippen molar-refractivity contribution in [2.45, 2.75) is 175 Å². The Bertz CT molecular complexity index is 1620. The van der Waals surface area contributed by atoms with Crippen molar-refractivity contribution in [2.75, 3.05) is 0 Å². The van der Waals surface area contributed by atoms with Gasteiger partial charge in [0.2, 0.25) is 23.5 Å². The Labute approximate surface area is 319 Å². The summed E-state index contributed by atoms with van der Waals surface area (Å²) in [5.41, 5.74) is 1.02. The number of nitrogens with one attached hydrogen (secondary N) is 5. The average Bonchev–Trinajstić information content (AvgIpc) is 3.77. The van der Waals surface area contributed by atoms with Gasteiger partial charge in [0.25, 0.3) is 11.8 Å². The number of fused-ring (bicyclic) bond motifs is 1. The maximum Gasteiger partial charge on any atom is 0.289 e. The number of hydrogen-bond acceptors (Lipinski definition) is 7. The number of carbonyl (C=O) groups is 7. The van der Waals surface area contributed by atoms with E-state index in [0.29, 0.717) is 36.1 Å². The number of rotatable bonds is 14. The number of aromatic amines is 1. The molecule has 1 saturated heterocycles. The van der Waals surface area contributed by atoms with E-state index < -0.39 is 59.0 Å². The Balaban J connectivity index is 1.40. The summed E-state index contributed by atoms with van der Waals surface area (Å²) in [6.45, 7) is 12.4. The third-order valence-electron chi connectivity index (χ3n) is 12.1. The highest BCUT2D eigenvalue weighted by molar-refractivity contribution is 6.38. The molecule has 13 heteroatoms. The molecule has 1 aromatic heterocycles. The van der Waals surface area contributed by atoms with Crippen LogP contribution in [0.4, 0.5) is 0 Å². The van der Waals surface area contributed by atoms with Gasteiger partial charge in [-0.15, -0.1) is 0 Å². The largest absolute Gasteiger partial charge is 0.354 e. The summed E-state index contributed by atoms with van der Waals surface area (Å²) < 4.78 is 0.